The molecule has 0 saturated carbocycles. The lowest BCUT2D eigenvalue weighted by molar-refractivity contribution is -0.339. The maximum atomic E-state index is 12.2. The SMILES string of the molecule is O=C(/C=C/c1ccccc1)OCC1=C[C@H](O)[C@H]2C=CO[C@@H](O[C@H]3O[C@@H](CO)[C@@H](O)[C@@H](O)[C@H]3O)[C@H]12. The maximum Gasteiger partial charge on any atom is 0.331 e. The minimum Gasteiger partial charge on any atom is -0.472 e. The Morgan fingerprint density at radius 1 is 1.03 bits per heavy atom. The van der Waals surface area contributed by atoms with Gasteiger partial charge >= 0.3 is 5.97 Å². The van der Waals surface area contributed by atoms with Gasteiger partial charge in [-0.25, -0.2) is 4.79 Å². The van der Waals surface area contributed by atoms with Gasteiger partial charge in [-0.15, -0.1) is 0 Å². The van der Waals surface area contributed by atoms with E-state index < -0.39 is 67.5 Å². The van der Waals surface area contributed by atoms with Crippen molar-refractivity contribution in [2.45, 2.75) is 43.1 Å². The van der Waals surface area contributed by atoms with Crippen LogP contribution in [0.2, 0.25) is 0 Å². The van der Waals surface area contributed by atoms with E-state index in [2.05, 4.69) is 0 Å². The lowest BCUT2D eigenvalue weighted by Gasteiger charge is -2.42. The van der Waals surface area contributed by atoms with Crippen LogP contribution in [0.4, 0.5) is 0 Å². The fourth-order valence-corrected chi connectivity index (χ4v) is 4.29. The first-order valence-corrected chi connectivity index (χ1v) is 11.0. The van der Waals surface area contributed by atoms with Gasteiger partial charge in [0.15, 0.2) is 6.29 Å². The van der Waals surface area contributed by atoms with Crippen molar-refractivity contribution in [2.24, 2.45) is 11.8 Å². The van der Waals surface area contributed by atoms with Crippen LogP contribution < -0.4 is 0 Å². The highest BCUT2D eigenvalue weighted by atomic mass is 16.8. The van der Waals surface area contributed by atoms with Crippen LogP contribution in [0, 0.1) is 11.8 Å². The van der Waals surface area contributed by atoms with E-state index in [-0.39, 0.29) is 6.61 Å². The number of carbonyl (C=O) groups is 1. The lowest BCUT2D eigenvalue weighted by Crippen LogP contribution is -2.60. The van der Waals surface area contributed by atoms with E-state index in [1.807, 2.05) is 30.3 Å². The van der Waals surface area contributed by atoms with E-state index >= 15 is 0 Å². The molecule has 2 heterocycles. The number of carbonyl (C=O) groups excluding carboxylic acids is 1. The van der Waals surface area contributed by atoms with Gasteiger partial charge in [-0.2, -0.15) is 0 Å². The van der Waals surface area contributed by atoms with Crippen LogP contribution in [-0.4, -0.2) is 87.8 Å². The van der Waals surface area contributed by atoms with Crippen molar-refractivity contribution in [1.29, 1.82) is 0 Å². The first-order valence-electron chi connectivity index (χ1n) is 11.0. The van der Waals surface area contributed by atoms with Gasteiger partial charge in [-0.1, -0.05) is 36.4 Å². The molecule has 1 aliphatic carbocycles. The molecule has 4 rings (SSSR count). The zero-order valence-corrected chi connectivity index (χ0v) is 18.2. The molecule has 0 unspecified atom stereocenters. The molecule has 1 aromatic carbocycles. The molecule has 2 aliphatic heterocycles. The maximum absolute atomic E-state index is 12.2. The Bertz CT molecular complexity index is 927. The average molecular weight is 476 g/mol. The predicted octanol–water partition coefficient (Wildman–Crippen LogP) is -0.537. The molecule has 0 radical (unpaired) electrons. The summed E-state index contributed by atoms with van der Waals surface area (Å²) >= 11 is 0. The van der Waals surface area contributed by atoms with Gasteiger partial charge < -0.3 is 44.5 Å². The first kappa shape index (κ1) is 24.6. The molecule has 5 N–H and O–H groups in total. The van der Waals surface area contributed by atoms with Crippen molar-refractivity contribution < 1.29 is 49.3 Å². The molecule has 3 aliphatic rings. The Labute approximate surface area is 196 Å². The van der Waals surface area contributed by atoms with Crippen molar-refractivity contribution in [2.75, 3.05) is 13.2 Å². The second-order valence-corrected chi connectivity index (χ2v) is 8.35. The molecular weight excluding hydrogens is 448 g/mol. The third-order valence-corrected chi connectivity index (χ3v) is 6.14. The molecule has 0 amide bonds. The van der Waals surface area contributed by atoms with Gasteiger partial charge in [-0.05, 0) is 23.3 Å². The highest BCUT2D eigenvalue weighted by molar-refractivity contribution is 5.87. The highest BCUT2D eigenvalue weighted by Crippen LogP contribution is 2.41. The first-order chi connectivity index (χ1) is 16.4. The second-order valence-electron chi connectivity index (χ2n) is 8.35. The third kappa shape index (κ3) is 5.23. The van der Waals surface area contributed by atoms with Crippen molar-refractivity contribution >= 4 is 12.0 Å². The van der Waals surface area contributed by atoms with Crippen LogP contribution in [0.3, 0.4) is 0 Å². The normalized spacial score (nSPS) is 37.2. The number of fused-ring (bicyclic) bond motifs is 1. The number of rotatable bonds is 7. The molecule has 0 spiro atoms. The number of ether oxygens (including phenoxy) is 4. The topological polar surface area (TPSA) is 155 Å². The van der Waals surface area contributed by atoms with E-state index in [1.54, 1.807) is 18.2 Å². The smallest absolute Gasteiger partial charge is 0.331 e. The average Bonchev–Trinajstić information content (AvgIpc) is 3.18. The minimum absolute atomic E-state index is 0.123. The quantitative estimate of drug-likeness (QED) is 0.197. The predicted molar refractivity (Wildman–Crippen MR) is 116 cm³/mol. The van der Waals surface area contributed by atoms with Crippen LogP contribution in [-0.2, 0) is 23.7 Å². The summed E-state index contributed by atoms with van der Waals surface area (Å²) in [7, 11) is 0. The van der Waals surface area contributed by atoms with E-state index in [9.17, 15) is 30.3 Å². The third-order valence-electron chi connectivity index (χ3n) is 6.14. The Morgan fingerprint density at radius 2 is 1.79 bits per heavy atom. The van der Waals surface area contributed by atoms with E-state index in [0.717, 1.165) is 5.56 Å². The van der Waals surface area contributed by atoms with Crippen molar-refractivity contribution in [3.63, 3.8) is 0 Å². The molecule has 0 aromatic heterocycles. The van der Waals surface area contributed by atoms with Crippen molar-refractivity contribution in [1.82, 2.24) is 0 Å². The summed E-state index contributed by atoms with van der Waals surface area (Å²) in [5.41, 5.74) is 1.40. The summed E-state index contributed by atoms with van der Waals surface area (Å²) in [5, 5.41) is 50.1. The molecule has 0 bridgehead atoms. The zero-order chi connectivity index (χ0) is 24.2. The highest BCUT2D eigenvalue weighted by Gasteiger charge is 2.49. The number of hydrogen-bond donors (Lipinski definition) is 5. The molecule has 10 nitrogen and oxygen atoms in total. The van der Waals surface area contributed by atoms with Gasteiger partial charge in [-0.3, -0.25) is 0 Å². The summed E-state index contributed by atoms with van der Waals surface area (Å²) in [4.78, 5) is 12.2. The van der Waals surface area contributed by atoms with Crippen LogP contribution in [0.5, 0.6) is 0 Å². The number of hydrogen-bond acceptors (Lipinski definition) is 10. The van der Waals surface area contributed by atoms with Crippen LogP contribution in [0.25, 0.3) is 6.08 Å². The molecular formula is C24H28O10. The van der Waals surface area contributed by atoms with E-state index in [4.69, 9.17) is 18.9 Å². The number of aliphatic hydroxyl groups is 5. The molecule has 184 valence electrons. The fourth-order valence-electron chi connectivity index (χ4n) is 4.29. The molecule has 1 aromatic rings. The summed E-state index contributed by atoms with van der Waals surface area (Å²) in [6.45, 7) is -0.722. The minimum atomic E-state index is -1.61. The number of esters is 1. The molecule has 1 saturated heterocycles. The van der Waals surface area contributed by atoms with E-state index in [0.29, 0.717) is 5.57 Å². The van der Waals surface area contributed by atoms with Crippen LogP contribution in [0.1, 0.15) is 5.56 Å². The standard InChI is InChI=1S/C24H28O10/c25-11-17-20(28)21(29)22(30)24(33-17)34-23-19-14(10-16(26)15(19)8-9-31-23)12-32-18(27)7-6-13-4-2-1-3-5-13/h1-10,15-17,19-26,28-30H,11-12H2/b7-6+/t15-,16+,17+,19-,20-,21-,22-,23+,24-/m1/s1. The van der Waals surface area contributed by atoms with Gasteiger partial charge in [0.25, 0.3) is 0 Å². The summed E-state index contributed by atoms with van der Waals surface area (Å²) in [5.74, 6) is -1.57. The fraction of sp³-hybridized carbons (Fsp3) is 0.458. The number of benzene rings is 1. The monoisotopic (exact) mass is 476 g/mol. The van der Waals surface area contributed by atoms with Crippen LogP contribution >= 0.6 is 0 Å². The van der Waals surface area contributed by atoms with Gasteiger partial charge in [0, 0.05) is 12.0 Å². The molecule has 34 heavy (non-hydrogen) atoms. The Balaban J connectivity index is 1.41. The molecule has 1 fully saturated rings. The Morgan fingerprint density at radius 3 is 2.53 bits per heavy atom. The van der Waals surface area contributed by atoms with Crippen molar-refractivity contribution in [3.8, 4) is 0 Å². The zero-order valence-electron chi connectivity index (χ0n) is 18.2. The molecule has 9 atom stereocenters. The Kier molecular flexibility index (Phi) is 7.79. The molecule has 10 heteroatoms. The van der Waals surface area contributed by atoms with E-state index in [1.165, 1.54) is 12.3 Å². The summed E-state index contributed by atoms with van der Waals surface area (Å²) < 4.78 is 22.1. The number of aliphatic hydroxyl groups excluding tert-OH is 5. The van der Waals surface area contributed by atoms with Gasteiger partial charge in [0.1, 0.15) is 31.0 Å². The largest absolute Gasteiger partial charge is 0.472 e. The Hall–Kier alpha value is -2.57. The second kappa shape index (κ2) is 10.8. The van der Waals surface area contributed by atoms with Gasteiger partial charge in [0.05, 0.1) is 24.9 Å². The lowest BCUT2D eigenvalue weighted by atomic mass is 9.88. The van der Waals surface area contributed by atoms with Crippen molar-refractivity contribution in [3.05, 3.63) is 66.0 Å². The van der Waals surface area contributed by atoms with Crippen LogP contribution in [0.15, 0.2) is 60.4 Å². The van der Waals surface area contributed by atoms with Gasteiger partial charge in [0.2, 0.25) is 6.29 Å². The summed E-state index contributed by atoms with van der Waals surface area (Å²) in [6, 6.07) is 9.26. The summed E-state index contributed by atoms with van der Waals surface area (Å²) in [6.07, 6.45) is -1.72.